The molecule has 30 heavy (non-hydrogen) atoms. The minimum absolute atomic E-state index is 0.0716. The van der Waals surface area contributed by atoms with Crippen LogP contribution in [0.5, 0.6) is 0 Å². The first kappa shape index (κ1) is 17.4. The molecule has 6 rings (SSSR count). The molecule has 5 heteroatoms. The molecule has 0 atom stereocenters. The van der Waals surface area contributed by atoms with Gasteiger partial charge >= 0.3 is 0 Å². The van der Waals surface area contributed by atoms with Crippen molar-refractivity contribution in [3.05, 3.63) is 93.3 Å². The zero-order chi connectivity index (χ0) is 20.1. The predicted octanol–water partition coefficient (Wildman–Crippen LogP) is 7.34. The molecule has 0 aliphatic carbocycles. The van der Waals surface area contributed by atoms with Crippen molar-refractivity contribution in [2.75, 3.05) is 0 Å². The van der Waals surface area contributed by atoms with Crippen LogP contribution in [0.1, 0.15) is 14.5 Å². The molecule has 2 N–H and O–H groups in total. The number of aromatic nitrogens is 2. The number of carbonyl (C=O) groups is 1. The van der Waals surface area contributed by atoms with E-state index in [1.165, 1.54) is 22.7 Å². The van der Waals surface area contributed by atoms with E-state index in [2.05, 4.69) is 46.4 Å². The number of H-pyrrole nitrogens is 2. The molecule has 0 saturated heterocycles. The molecule has 6 aromatic rings. The minimum atomic E-state index is 0.0716. The van der Waals surface area contributed by atoms with Gasteiger partial charge in [0.25, 0.3) is 0 Å². The van der Waals surface area contributed by atoms with Gasteiger partial charge in [-0.15, -0.1) is 22.7 Å². The molecule has 4 heterocycles. The standard InChI is InChI=1S/C25H16N2OS2/c28-23(24-17(9-11-29-24)21-13-15-5-1-3-7-19(15)26-21)25-18(10-12-30-25)22-14-16-6-2-4-8-20(16)27-22/h1-14,26-27H. The van der Waals surface area contributed by atoms with Crippen molar-refractivity contribution in [1.82, 2.24) is 9.97 Å². The smallest absolute Gasteiger partial charge is 0.214 e. The van der Waals surface area contributed by atoms with Crippen LogP contribution in [0.25, 0.3) is 44.3 Å². The predicted molar refractivity (Wildman–Crippen MR) is 127 cm³/mol. The lowest BCUT2D eigenvalue weighted by Crippen LogP contribution is -2.00. The Morgan fingerprint density at radius 2 is 1.10 bits per heavy atom. The number of thiophene rings is 2. The van der Waals surface area contributed by atoms with Crippen molar-refractivity contribution in [2.45, 2.75) is 0 Å². The van der Waals surface area contributed by atoms with Gasteiger partial charge in [-0.1, -0.05) is 36.4 Å². The first-order valence-corrected chi connectivity index (χ1v) is 11.4. The molecule has 4 aromatic heterocycles. The van der Waals surface area contributed by atoms with Crippen molar-refractivity contribution in [3.8, 4) is 22.5 Å². The topological polar surface area (TPSA) is 48.6 Å². The summed E-state index contributed by atoms with van der Waals surface area (Å²) in [6.07, 6.45) is 0. The molecule has 3 nitrogen and oxygen atoms in total. The van der Waals surface area contributed by atoms with Crippen LogP contribution in [0, 0.1) is 0 Å². The van der Waals surface area contributed by atoms with Crippen LogP contribution >= 0.6 is 22.7 Å². The number of benzene rings is 2. The maximum absolute atomic E-state index is 13.6. The molecule has 0 unspecified atom stereocenters. The van der Waals surface area contributed by atoms with E-state index < -0.39 is 0 Å². The fourth-order valence-corrected chi connectivity index (χ4v) is 5.71. The fourth-order valence-electron chi connectivity index (χ4n) is 3.93. The van der Waals surface area contributed by atoms with Crippen LogP contribution in [0.15, 0.2) is 83.6 Å². The number of para-hydroxylation sites is 2. The Morgan fingerprint density at radius 3 is 1.57 bits per heavy atom. The highest BCUT2D eigenvalue weighted by Gasteiger charge is 2.22. The normalized spacial score (nSPS) is 11.5. The zero-order valence-corrected chi connectivity index (χ0v) is 17.4. The molecule has 0 aliphatic heterocycles. The quantitative estimate of drug-likeness (QED) is 0.286. The van der Waals surface area contributed by atoms with Crippen LogP contribution in [0.3, 0.4) is 0 Å². The molecule has 0 saturated carbocycles. The lowest BCUT2D eigenvalue weighted by Gasteiger charge is -2.03. The molecule has 144 valence electrons. The molecule has 0 radical (unpaired) electrons. The van der Waals surface area contributed by atoms with E-state index in [0.717, 1.165) is 54.1 Å². The number of hydrogen-bond donors (Lipinski definition) is 2. The van der Waals surface area contributed by atoms with Gasteiger partial charge in [0.2, 0.25) is 5.78 Å². The van der Waals surface area contributed by atoms with Crippen molar-refractivity contribution in [3.63, 3.8) is 0 Å². The SMILES string of the molecule is O=C(c1sccc1-c1cc2ccccc2[nH]1)c1sccc1-c1cc2ccccc2[nH]1. The summed E-state index contributed by atoms with van der Waals surface area (Å²) >= 11 is 2.99. The van der Waals surface area contributed by atoms with E-state index in [4.69, 9.17) is 0 Å². The average Bonchev–Trinajstić information content (AvgIpc) is 3.56. The first-order chi connectivity index (χ1) is 14.8. The van der Waals surface area contributed by atoms with Crippen molar-refractivity contribution in [1.29, 1.82) is 0 Å². The lowest BCUT2D eigenvalue weighted by atomic mass is 10.1. The third kappa shape index (κ3) is 2.75. The number of aromatic amines is 2. The van der Waals surface area contributed by atoms with Gasteiger partial charge in [-0.25, -0.2) is 0 Å². The summed E-state index contributed by atoms with van der Waals surface area (Å²) in [4.78, 5) is 22.0. The largest absolute Gasteiger partial charge is 0.354 e. The van der Waals surface area contributed by atoms with Crippen LogP contribution in [0.4, 0.5) is 0 Å². The van der Waals surface area contributed by atoms with E-state index in [0.29, 0.717) is 0 Å². The second-order valence-corrected chi connectivity index (χ2v) is 9.03. The lowest BCUT2D eigenvalue weighted by molar-refractivity contribution is 0.104. The van der Waals surface area contributed by atoms with Crippen molar-refractivity contribution < 1.29 is 4.79 Å². The molecule has 2 aromatic carbocycles. The Morgan fingerprint density at radius 1 is 0.633 bits per heavy atom. The summed E-state index contributed by atoms with van der Waals surface area (Å²) in [5.41, 5.74) is 6.02. The number of rotatable bonds is 4. The molecular weight excluding hydrogens is 408 g/mol. The van der Waals surface area contributed by atoms with E-state index in [1.807, 2.05) is 47.2 Å². The van der Waals surface area contributed by atoms with Gasteiger partial charge in [0, 0.05) is 44.3 Å². The number of hydrogen-bond acceptors (Lipinski definition) is 3. The number of fused-ring (bicyclic) bond motifs is 2. The highest BCUT2D eigenvalue weighted by Crippen LogP contribution is 2.36. The average molecular weight is 425 g/mol. The van der Waals surface area contributed by atoms with E-state index in [9.17, 15) is 4.79 Å². The molecule has 0 aliphatic rings. The Balaban J connectivity index is 1.43. The molecule has 0 bridgehead atoms. The molecule has 0 spiro atoms. The highest BCUT2D eigenvalue weighted by molar-refractivity contribution is 7.16. The van der Waals surface area contributed by atoms with Gasteiger partial charge in [0.15, 0.2) is 0 Å². The van der Waals surface area contributed by atoms with E-state index in [-0.39, 0.29) is 5.78 Å². The minimum Gasteiger partial charge on any atom is -0.354 e. The summed E-state index contributed by atoms with van der Waals surface area (Å²) in [6.45, 7) is 0. The second-order valence-electron chi connectivity index (χ2n) is 7.20. The second kappa shape index (κ2) is 6.83. The Kier molecular flexibility index (Phi) is 3.97. The molecule has 0 amide bonds. The van der Waals surface area contributed by atoms with Gasteiger partial charge in [-0.3, -0.25) is 4.79 Å². The van der Waals surface area contributed by atoms with Crippen molar-refractivity contribution >= 4 is 50.3 Å². The maximum atomic E-state index is 13.6. The van der Waals surface area contributed by atoms with Crippen LogP contribution in [-0.4, -0.2) is 15.8 Å². The van der Waals surface area contributed by atoms with Gasteiger partial charge in [-0.05, 0) is 47.2 Å². The van der Waals surface area contributed by atoms with Gasteiger partial charge in [0.1, 0.15) is 0 Å². The fraction of sp³-hybridized carbons (Fsp3) is 0. The Labute approximate surface area is 180 Å². The Bertz CT molecular complexity index is 1350. The number of ketones is 1. The molecule has 0 fully saturated rings. The summed E-state index contributed by atoms with van der Waals surface area (Å²) in [5, 5.41) is 6.27. The summed E-state index contributed by atoms with van der Waals surface area (Å²) in [7, 11) is 0. The van der Waals surface area contributed by atoms with Gasteiger partial charge in [0.05, 0.1) is 9.75 Å². The monoisotopic (exact) mass is 424 g/mol. The van der Waals surface area contributed by atoms with Crippen molar-refractivity contribution in [2.24, 2.45) is 0 Å². The van der Waals surface area contributed by atoms with E-state index in [1.54, 1.807) is 0 Å². The highest BCUT2D eigenvalue weighted by atomic mass is 32.1. The summed E-state index contributed by atoms with van der Waals surface area (Å²) in [6, 6.07) is 24.6. The summed E-state index contributed by atoms with van der Waals surface area (Å²) in [5.74, 6) is 0.0716. The number of nitrogens with one attached hydrogen (secondary N) is 2. The van der Waals surface area contributed by atoms with Crippen LogP contribution in [0.2, 0.25) is 0 Å². The third-order valence-electron chi connectivity index (χ3n) is 5.38. The first-order valence-electron chi connectivity index (χ1n) is 9.64. The Hall–Kier alpha value is -3.41. The van der Waals surface area contributed by atoms with Crippen LogP contribution < -0.4 is 0 Å². The summed E-state index contributed by atoms with van der Waals surface area (Å²) < 4.78 is 0. The zero-order valence-electron chi connectivity index (χ0n) is 15.8. The van der Waals surface area contributed by atoms with Gasteiger partial charge < -0.3 is 9.97 Å². The maximum Gasteiger partial charge on any atom is 0.214 e. The molecular formula is C25H16N2OS2. The number of carbonyl (C=O) groups excluding carboxylic acids is 1. The van der Waals surface area contributed by atoms with Crippen LogP contribution in [-0.2, 0) is 0 Å². The van der Waals surface area contributed by atoms with E-state index >= 15 is 0 Å². The van der Waals surface area contributed by atoms with Gasteiger partial charge in [-0.2, -0.15) is 0 Å². The third-order valence-corrected chi connectivity index (χ3v) is 7.21.